The van der Waals surface area contributed by atoms with Gasteiger partial charge in [0.05, 0.1) is 16.6 Å². The lowest BCUT2D eigenvalue weighted by Crippen LogP contribution is -2.28. The molecule has 1 aromatic carbocycles. The number of fused-ring (bicyclic) bond motifs is 3. The Hall–Kier alpha value is -1.48. The Morgan fingerprint density at radius 2 is 2.33 bits per heavy atom. The maximum atomic E-state index is 11.3. The van der Waals surface area contributed by atoms with Gasteiger partial charge in [-0.3, -0.25) is 4.79 Å². The molecule has 18 heavy (non-hydrogen) atoms. The molecule has 0 radical (unpaired) electrons. The van der Waals surface area contributed by atoms with E-state index < -0.39 is 0 Å². The summed E-state index contributed by atoms with van der Waals surface area (Å²) in [5.41, 5.74) is 3.42. The Kier molecular flexibility index (Phi) is 2.78. The molecule has 0 fully saturated rings. The predicted octanol–water partition coefficient (Wildman–Crippen LogP) is 3.33. The molecule has 2 N–H and O–H groups in total. The number of amides is 1. The zero-order valence-electron chi connectivity index (χ0n) is 10.2. The van der Waals surface area contributed by atoms with Crippen molar-refractivity contribution in [3.63, 3.8) is 0 Å². The summed E-state index contributed by atoms with van der Waals surface area (Å²) in [5.74, 6) is 0.0117. The summed E-state index contributed by atoms with van der Waals surface area (Å²) in [7, 11) is 0. The SMILES string of the molecule is CC(=O)NC1CCCc2c1[nH]c1c(Cl)cccc21. The lowest BCUT2D eigenvalue weighted by atomic mass is 9.92. The number of carbonyl (C=O) groups excluding carboxylic acids is 1. The summed E-state index contributed by atoms with van der Waals surface area (Å²) in [6, 6.07) is 6.04. The first-order valence-electron chi connectivity index (χ1n) is 6.23. The van der Waals surface area contributed by atoms with Crippen molar-refractivity contribution >= 4 is 28.4 Å². The van der Waals surface area contributed by atoms with E-state index in [-0.39, 0.29) is 11.9 Å². The second-order valence-corrected chi connectivity index (χ2v) is 5.23. The number of para-hydroxylation sites is 1. The van der Waals surface area contributed by atoms with Crippen molar-refractivity contribution in [2.45, 2.75) is 32.2 Å². The van der Waals surface area contributed by atoms with E-state index in [4.69, 9.17) is 11.6 Å². The molecule has 0 spiro atoms. The third kappa shape index (κ3) is 1.79. The van der Waals surface area contributed by atoms with E-state index in [1.165, 1.54) is 10.9 Å². The maximum absolute atomic E-state index is 11.3. The minimum atomic E-state index is 0.0117. The van der Waals surface area contributed by atoms with Gasteiger partial charge in [0.25, 0.3) is 0 Å². The number of hydrogen-bond acceptors (Lipinski definition) is 1. The number of benzene rings is 1. The van der Waals surface area contributed by atoms with Gasteiger partial charge in [-0.05, 0) is 30.9 Å². The first kappa shape index (κ1) is 11.6. The second kappa shape index (κ2) is 4.32. The quantitative estimate of drug-likeness (QED) is 0.813. The van der Waals surface area contributed by atoms with E-state index in [1.807, 2.05) is 12.1 Å². The molecule has 1 heterocycles. The van der Waals surface area contributed by atoms with Crippen LogP contribution in [-0.2, 0) is 11.2 Å². The number of hydrogen-bond donors (Lipinski definition) is 2. The van der Waals surface area contributed by atoms with Crippen LogP contribution in [0.3, 0.4) is 0 Å². The van der Waals surface area contributed by atoms with Crippen LogP contribution in [0, 0.1) is 0 Å². The van der Waals surface area contributed by atoms with Crippen LogP contribution >= 0.6 is 11.6 Å². The summed E-state index contributed by atoms with van der Waals surface area (Å²) in [6.07, 6.45) is 3.13. The topological polar surface area (TPSA) is 44.9 Å². The van der Waals surface area contributed by atoms with Crippen LogP contribution in [0.2, 0.25) is 5.02 Å². The van der Waals surface area contributed by atoms with E-state index in [9.17, 15) is 4.79 Å². The molecule has 1 amide bonds. The predicted molar refractivity (Wildman–Crippen MR) is 72.8 cm³/mol. The zero-order chi connectivity index (χ0) is 12.7. The molecule has 1 unspecified atom stereocenters. The lowest BCUT2D eigenvalue weighted by Gasteiger charge is -2.23. The number of halogens is 1. The standard InChI is InChI=1S/C14H15ClN2O/c1-8(18)16-12-7-3-5-10-9-4-2-6-11(15)13(9)17-14(10)12/h2,4,6,12,17H,3,5,7H2,1H3,(H,16,18). The van der Waals surface area contributed by atoms with Crippen LogP contribution in [0.15, 0.2) is 18.2 Å². The zero-order valence-corrected chi connectivity index (χ0v) is 11.0. The highest BCUT2D eigenvalue weighted by molar-refractivity contribution is 6.35. The third-order valence-electron chi connectivity index (χ3n) is 3.57. The van der Waals surface area contributed by atoms with Crippen LogP contribution in [-0.4, -0.2) is 10.9 Å². The molecule has 1 aliphatic carbocycles. The smallest absolute Gasteiger partial charge is 0.217 e. The Bertz CT molecular complexity index is 618. The molecule has 1 atom stereocenters. The molecule has 94 valence electrons. The van der Waals surface area contributed by atoms with Crippen molar-refractivity contribution in [1.82, 2.24) is 10.3 Å². The fraction of sp³-hybridized carbons (Fsp3) is 0.357. The molecule has 3 nitrogen and oxygen atoms in total. The molecule has 1 aromatic heterocycles. The fourth-order valence-electron chi connectivity index (χ4n) is 2.84. The summed E-state index contributed by atoms with van der Waals surface area (Å²) in [5, 5.41) is 4.93. The van der Waals surface area contributed by atoms with E-state index >= 15 is 0 Å². The van der Waals surface area contributed by atoms with Gasteiger partial charge in [0, 0.05) is 18.0 Å². The van der Waals surface area contributed by atoms with Gasteiger partial charge in [-0.1, -0.05) is 23.7 Å². The Morgan fingerprint density at radius 3 is 3.11 bits per heavy atom. The van der Waals surface area contributed by atoms with Crippen LogP contribution in [0.5, 0.6) is 0 Å². The van der Waals surface area contributed by atoms with Gasteiger partial charge >= 0.3 is 0 Å². The molecular formula is C14H15ClN2O. The molecule has 4 heteroatoms. The van der Waals surface area contributed by atoms with Crippen LogP contribution < -0.4 is 5.32 Å². The lowest BCUT2D eigenvalue weighted by molar-refractivity contribution is -0.119. The van der Waals surface area contributed by atoms with Gasteiger partial charge in [0.1, 0.15) is 0 Å². The molecule has 3 rings (SSSR count). The number of aromatic amines is 1. The van der Waals surface area contributed by atoms with E-state index in [0.29, 0.717) is 0 Å². The Balaban J connectivity index is 2.15. The second-order valence-electron chi connectivity index (χ2n) is 4.82. The van der Waals surface area contributed by atoms with Gasteiger partial charge in [-0.2, -0.15) is 0 Å². The van der Waals surface area contributed by atoms with Gasteiger partial charge < -0.3 is 10.3 Å². The van der Waals surface area contributed by atoms with Gasteiger partial charge in [0.2, 0.25) is 5.91 Å². The highest BCUT2D eigenvalue weighted by Crippen LogP contribution is 2.36. The monoisotopic (exact) mass is 262 g/mol. The number of rotatable bonds is 1. The number of H-pyrrole nitrogens is 1. The molecule has 0 aliphatic heterocycles. The fourth-order valence-corrected chi connectivity index (χ4v) is 3.06. The maximum Gasteiger partial charge on any atom is 0.217 e. The van der Waals surface area contributed by atoms with Crippen molar-refractivity contribution < 1.29 is 4.79 Å². The summed E-state index contributed by atoms with van der Waals surface area (Å²) < 4.78 is 0. The minimum Gasteiger partial charge on any atom is -0.355 e. The van der Waals surface area contributed by atoms with Crippen molar-refractivity contribution in [1.29, 1.82) is 0 Å². The first-order valence-corrected chi connectivity index (χ1v) is 6.60. The highest BCUT2D eigenvalue weighted by atomic mass is 35.5. The Morgan fingerprint density at radius 1 is 1.50 bits per heavy atom. The number of aromatic nitrogens is 1. The summed E-state index contributed by atoms with van der Waals surface area (Å²) >= 11 is 6.21. The van der Waals surface area contributed by atoms with Crippen molar-refractivity contribution in [2.24, 2.45) is 0 Å². The van der Waals surface area contributed by atoms with Gasteiger partial charge in [-0.25, -0.2) is 0 Å². The summed E-state index contributed by atoms with van der Waals surface area (Å²) in [6.45, 7) is 1.56. The average molecular weight is 263 g/mol. The minimum absolute atomic E-state index is 0.0117. The molecule has 0 saturated heterocycles. The van der Waals surface area contributed by atoms with E-state index in [0.717, 1.165) is 35.5 Å². The van der Waals surface area contributed by atoms with Crippen LogP contribution in [0.1, 0.15) is 37.1 Å². The van der Waals surface area contributed by atoms with E-state index in [2.05, 4.69) is 16.4 Å². The van der Waals surface area contributed by atoms with Crippen LogP contribution in [0.25, 0.3) is 10.9 Å². The molecule has 1 aliphatic rings. The first-order chi connectivity index (χ1) is 8.66. The largest absolute Gasteiger partial charge is 0.355 e. The average Bonchev–Trinajstić information content (AvgIpc) is 2.70. The number of carbonyl (C=O) groups is 1. The van der Waals surface area contributed by atoms with Gasteiger partial charge in [0.15, 0.2) is 0 Å². The number of aryl methyl sites for hydroxylation is 1. The highest BCUT2D eigenvalue weighted by Gasteiger charge is 2.25. The number of nitrogens with one attached hydrogen (secondary N) is 2. The van der Waals surface area contributed by atoms with Crippen molar-refractivity contribution in [2.75, 3.05) is 0 Å². The van der Waals surface area contributed by atoms with Gasteiger partial charge in [-0.15, -0.1) is 0 Å². The van der Waals surface area contributed by atoms with Crippen molar-refractivity contribution in [3.8, 4) is 0 Å². The molecule has 0 saturated carbocycles. The van der Waals surface area contributed by atoms with Crippen LogP contribution in [0.4, 0.5) is 0 Å². The summed E-state index contributed by atoms with van der Waals surface area (Å²) in [4.78, 5) is 14.6. The molecule has 0 bridgehead atoms. The Labute approximate surface area is 111 Å². The molecular weight excluding hydrogens is 248 g/mol. The van der Waals surface area contributed by atoms with Crippen molar-refractivity contribution in [3.05, 3.63) is 34.5 Å². The van der Waals surface area contributed by atoms with E-state index in [1.54, 1.807) is 6.92 Å². The molecule has 2 aromatic rings. The normalized spacial score (nSPS) is 18.7. The third-order valence-corrected chi connectivity index (χ3v) is 3.88.